The number of rotatable bonds is 7. The number of nitro benzene ring substituents is 1. The number of benzene rings is 3. The van der Waals surface area contributed by atoms with Crippen LogP contribution in [0.3, 0.4) is 0 Å². The fourth-order valence-corrected chi connectivity index (χ4v) is 3.36. The SMILES string of the molecule is COc1cc(/C=C2\N=C(c3cccc([N+](=O)[O-])c3C)OC2=O)ccc1OCc1ccccc1. The number of esters is 1. The minimum atomic E-state index is -0.640. The number of nitro groups is 1. The number of carbonyl (C=O) groups is 1. The first-order valence-electron chi connectivity index (χ1n) is 10.1. The van der Waals surface area contributed by atoms with E-state index in [1.807, 2.05) is 30.3 Å². The molecule has 0 saturated heterocycles. The van der Waals surface area contributed by atoms with Crippen molar-refractivity contribution in [1.29, 1.82) is 0 Å². The van der Waals surface area contributed by atoms with Crippen molar-refractivity contribution in [3.8, 4) is 11.5 Å². The standard InChI is InChI=1S/C25H20N2O6/c1-16-19(9-6-10-21(16)27(29)30)24-26-20(25(28)33-24)13-18-11-12-22(23(14-18)31-2)32-15-17-7-4-3-5-8-17/h3-14H,15H2,1-2H3/b20-13-. The molecule has 0 amide bonds. The fourth-order valence-electron chi connectivity index (χ4n) is 3.36. The van der Waals surface area contributed by atoms with Gasteiger partial charge in [-0.25, -0.2) is 9.79 Å². The molecule has 0 fully saturated rings. The van der Waals surface area contributed by atoms with Crippen LogP contribution < -0.4 is 9.47 Å². The molecule has 3 aromatic carbocycles. The fraction of sp³-hybridized carbons (Fsp3) is 0.120. The van der Waals surface area contributed by atoms with Crippen LogP contribution >= 0.6 is 0 Å². The van der Waals surface area contributed by atoms with Crippen LogP contribution in [0.4, 0.5) is 5.69 Å². The zero-order chi connectivity index (χ0) is 23.4. The number of nitrogens with zero attached hydrogens (tertiary/aromatic N) is 2. The van der Waals surface area contributed by atoms with Crippen molar-refractivity contribution in [3.63, 3.8) is 0 Å². The van der Waals surface area contributed by atoms with Crippen molar-refractivity contribution in [1.82, 2.24) is 0 Å². The van der Waals surface area contributed by atoms with Gasteiger partial charge in [0, 0.05) is 17.2 Å². The third kappa shape index (κ3) is 4.74. The molecule has 33 heavy (non-hydrogen) atoms. The molecule has 1 aliphatic heterocycles. The van der Waals surface area contributed by atoms with E-state index in [0.717, 1.165) is 5.56 Å². The molecule has 0 aliphatic carbocycles. The Balaban J connectivity index is 1.58. The Morgan fingerprint density at radius 1 is 1.06 bits per heavy atom. The number of methoxy groups -OCH3 is 1. The molecule has 4 rings (SSSR count). The second-order valence-corrected chi connectivity index (χ2v) is 7.23. The van der Waals surface area contributed by atoms with Gasteiger partial charge in [-0.15, -0.1) is 0 Å². The number of ether oxygens (including phenoxy) is 3. The van der Waals surface area contributed by atoms with Gasteiger partial charge in [0.05, 0.1) is 12.0 Å². The molecule has 0 spiro atoms. The largest absolute Gasteiger partial charge is 0.493 e. The van der Waals surface area contributed by atoms with Crippen LogP contribution in [0.1, 0.15) is 22.3 Å². The van der Waals surface area contributed by atoms with E-state index in [1.54, 1.807) is 37.3 Å². The summed E-state index contributed by atoms with van der Waals surface area (Å²) in [6.45, 7) is 1.98. The Morgan fingerprint density at radius 2 is 1.85 bits per heavy atom. The van der Waals surface area contributed by atoms with E-state index in [0.29, 0.717) is 34.8 Å². The van der Waals surface area contributed by atoms with E-state index in [-0.39, 0.29) is 17.3 Å². The molecule has 1 aliphatic rings. The summed E-state index contributed by atoms with van der Waals surface area (Å²) in [5.41, 5.74) is 2.46. The molecule has 0 bridgehead atoms. The third-order valence-electron chi connectivity index (χ3n) is 5.08. The summed E-state index contributed by atoms with van der Waals surface area (Å²) in [4.78, 5) is 27.4. The average molecular weight is 444 g/mol. The number of carbonyl (C=O) groups excluding carboxylic acids is 1. The van der Waals surface area contributed by atoms with E-state index in [4.69, 9.17) is 14.2 Å². The average Bonchev–Trinajstić information content (AvgIpc) is 3.18. The van der Waals surface area contributed by atoms with Crippen LogP contribution in [0.15, 0.2) is 77.4 Å². The number of cyclic esters (lactones) is 1. The highest BCUT2D eigenvalue weighted by molar-refractivity contribution is 6.13. The zero-order valence-corrected chi connectivity index (χ0v) is 18.0. The van der Waals surface area contributed by atoms with E-state index < -0.39 is 10.9 Å². The van der Waals surface area contributed by atoms with Gasteiger partial charge in [-0.1, -0.05) is 42.5 Å². The van der Waals surface area contributed by atoms with Crippen LogP contribution in [0.2, 0.25) is 0 Å². The van der Waals surface area contributed by atoms with Gasteiger partial charge in [0.1, 0.15) is 6.61 Å². The molecular weight excluding hydrogens is 424 g/mol. The maximum absolute atomic E-state index is 12.4. The van der Waals surface area contributed by atoms with Gasteiger partial charge in [-0.3, -0.25) is 10.1 Å². The molecule has 0 unspecified atom stereocenters. The Bertz CT molecular complexity index is 1280. The third-order valence-corrected chi connectivity index (χ3v) is 5.08. The zero-order valence-electron chi connectivity index (χ0n) is 18.0. The van der Waals surface area contributed by atoms with Crippen molar-refractivity contribution in [2.75, 3.05) is 7.11 Å². The first-order chi connectivity index (χ1) is 16.0. The van der Waals surface area contributed by atoms with Crippen LogP contribution in [-0.4, -0.2) is 23.9 Å². The molecular formula is C25H20N2O6. The van der Waals surface area contributed by atoms with Crippen LogP contribution in [0.25, 0.3) is 6.08 Å². The van der Waals surface area contributed by atoms with Gasteiger partial charge >= 0.3 is 5.97 Å². The first kappa shape index (κ1) is 21.8. The Kier molecular flexibility index (Phi) is 6.17. The molecule has 0 atom stereocenters. The molecule has 0 saturated carbocycles. The number of aliphatic imine (C=N–C) groups is 1. The smallest absolute Gasteiger partial charge is 0.363 e. The van der Waals surface area contributed by atoms with Gasteiger partial charge in [0.25, 0.3) is 5.69 Å². The Hall–Kier alpha value is -4.46. The summed E-state index contributed by atoms with van der Waals surface area (Å²) < 4.78 is 16.6. The van der Waals surface area contributed by atoms with Crippen molar-refractivity contribution in [3.05, 3.63) is 105 Å². The van der Waals surface area contributed by atoms with Gasteiger partial charge in [-0.05, 0) is 42.3 Å². The minimum absolute atomic E-state index is 0.0298. The quantitative estimate of drug-likeness (QED) is 0.224. The maximum atomic E-state index is 12.4. The van der Waals surface area contributed by atoms with Gasteiger partial charge < -0.3 is 14.2 Å². The van der Waals surface area contributed by atoms with Crippen LogP contribution in [-0.2, 0) is 16.1 Å². The number of hydrogen-bond acceptors (Lipinski definition) is 7. The van der Waals surface area contributed by atoms with Crippen molar-refractivity contribution >= 4 is 23.6 Å². The van der Waals surface area contributed by atoms with Crippen LogP contribution in [0.5, 0.6) is 11.5 Å². The lowest BCUT2D eigenvalue weighted by atomic mass is 10.1. The summed E-state index contributed by atoms with van der Waals surface area (Å²) in [6, 6.07) is 19.6. The van der Waals surface area contributed by atoms with Gasteiger partial charge in [0.2, 0.25) is 5.90 Å². The molecule has 0 radical (unpaired) electrons. The molecule has 1 heterocycles. The normalized spacial score (nSPS) is 14.1. The first-order valence-corrected chi connectivity index (χ1v) is 10.1. The van der Waals surface area contributed by atoms with E-state index in [1.165, 1.54) is 19.2 Å². The monoisotopic (exact) mass is 444 g/mol. The lowest BCUT2D eigenvalue weighted by Gasteiger charge is -2.11. The minimum Gasteiger partial charge on any atom is -0.493 e. The summed E-state index contributed by atoms with van der Waals surface area (Å²) in [7, 11) is 1.53. The van der Waals surface area contributed by atoms with E-state index >= 15 is 0 Å². The molecule has 8 nitrogen and oxygen atoms in total. The lowest BCUT2D eigenvalue weighted by Crippen LogP contribution is -2.08. The summed E-state index contributed by atoms with van der Waals surface area (Å²) >= 11 is 0. The Morgan fingerprint density at radius 3 is 2.58 bits per heavy atom. The topological polar surface area (TPSA) is 100 Å². The van der Waals surface area contributed by atoms with Crippen LogP contribution in [0, 0.1) is 17.0 Å². The second-order valence-electron chi connectivity index (χ2n) is 7.23. The van der Waals surface area contributed by atoms with E-state index in [9.17, 15) is 14.9 Å². The van der Waals surface area contributed by atoms with E-state index in [2.05, 4.69) is 4.99 Å². The number of hydrogen-bond donors (Lipinski definition) is 0. The summed E-state index contributed by atoms with van der Waals surface area (Å²) in [5, 5.41) is 11.2. The summed E-state index contributed by atoms with van der Waals surface area (Å²) in [6.07, 6.45) is 1.56. The highest BCUT2D eigenvalue weighted by atomic mass is 16.6. The van der Waals surface area contributed by atoms with Crippen molar-refractivity contribution in [2.24, 2.45) is 4.99 Å². The molecule has 8 heteroatoms. The highest BCUT2D eigenvalue weighted by Crippen LogP contribution is 2.31. The second kappa shape index (κ2) is 9.35. The predicted molar refractivity (Wildman–Crippen MR) is 122 cm³/mol. The summed E-state index contributed by atoms with van der Waals surface area (Å²) in [5.74, 6) is 0.459. The van der Waals surface area contributed by atoms with Gasteiger partial charge in [-0.2, -0.15) is 0 Å². The maximum Gasteiger partial charge on any atom is 0.363 e. The lowest BCUT2D eigenvalue weighted by molar-refractivity contribution is -0.385. The highest BCUT2D eigenvalue weighted by Gasteiger charge is 2.27. The molecule has 0 N–H and O–H groups in total. The van der Waals surface area contributed by atoms with Crippen molar-refractivity contribution < 1.29 is 23.9 Å². The molecule has 3 aromatic rings. The Labute approximate surface area is 189 Å². The van der Waals surface area contributed by atoms with Crippen molar-refractivity contribution in [2.45, 2.75) is 13.5 Å². The predicted octanol–water partition coefficient (Wildman–Crippen LogP) is 4.84. The van der Waals surface area contributed by atoms with Gasteiger partial charge in [0.15, 0.2) is 17.2 Å². The molecule has 166 valence electrons. The molecule has 0 aromatic heterocycles.